The van der Waals surface area contributed by atoms with Crippen LogP contribution in [-0.4, -0.2) is 60.4 Å². The molecular formula is C32H37ClF5N3O7. The Morgan fingerprint density at radius 3 is 1.96 bits per heavy atom. The summed E-state index contributed by atoms with van der Waals surface area (Å²) < 4.78 is 80.6. The van der Waals surface area contributed by atoms with E-state index in [4.69, 9.17) is 21.1 Å². The maximum absolute atomic E-state index is 15.2. The maximum Gasteiger partial charge on any atom is 0.452 e. The van der Waals surface area contributed by atoms with E-state index < -0.39 is 89.6 Å². The van der Waals surface area contributed by atoms with Crippen LogP contribution < -0.4 is 20.7 Å². The first-order valence-corrected chi connectivity index (χ1v) is 15.0. The minimum absolute atomic E-state index is 0.00918. The fourth-order valence-corrected chi connectivity index (χ4v) is 4.46. The van der Waals surface area contributed by atoms with E-state index >= 15 is 8.78 Å². The van der Waals surface area contributed by atoms with E-state index in [9.17, 15) is 37.1 Å². The molecule has 0 spiro atoms. The summed E-state index contributed by atoms with van der Waals surface area (Å²) >= 11 is 5.80. The van der Waals surface area contributed by atoms with E-state index in [2.05, 4.69) is 5.32 Å². The van der Waals surface area contributed by atoms with Gasteiger partial charge in [-0.25, -0.2) is 0 Å². The minimum Gasteiger partial charge on any atom is -0.497 e. The highest BCUT2D eigenvalue weighted by molar-refractivity contribution is 6.30. The number of ketones is 1. The zero-order valence-electron chi connectivity index (χ0n) is 27.0. The molecule has 0 radical (unpaired) electrons. The Hall–Kier alpha value is -4.27. The molecule has 3 amide bonds. The lowest BCUT2D eigenvalue weighted by molar-refractivity contribution is -0.175. The third-order valence-corrected chi connectivity index (χ3v) is 6.91. The van der Waals surface area contributed by atoms with Gasteiger partial charge in [0.15, 0.2) is 0 Å². The van der Waals surface area contributed by atoms with E-state index in [1.165, 1.54) is 57.4 Å². The van der Waals surface area contributed by atoms with Crippen molar-refractivity contribution in [2.45, 2.75) is 83.3 Å². The molecule has 3 N–H and O–H groups in total. The van der Waals surface area contributed by atoms with Gasteiger partial charge in [0.05, 0.1) is 13.2 Å². The molecule has 48 heavy (non-hydrogen) atoms. The monoisotopic (exact) mass is 705 g/mol. The number of benzene rings is 2. The van der Waals surface area contributed by atoms with Gasteiger partial charge in [0.25, 0.3) is 11.7 Å². The fourth-order valence-electron chi connectivity index (χ4n) is 4.27. The van der Waals surface area contributed by atoms with Gasteiger partial charge in [-0.2, -0.15) is 22.0 Å². The van der Waals surface area contributed by atoms with Crippen LogP contribution in [-0.2, 0) is 34.6 Å². The Morgan fingerprint density at radius 2 is 1.46 bits per heavy atom. The van der Waals surface area contributed by atoms with Crippen molar-refractivity contribution in [3.8, 4) is 5.75 Å². The van der Waals surface area contributed by atoms with Gasteiger partial charge in [0.1, 0.15) is 23.4 Å². The molecule has 10 nitrogen and oxygen atoms in total. The van der Waals surface area contributed by atoms with Crippen LogP contribution in [0.2, 0.25) is 5.02 Å². The quantitative estimate of drug-likeness (QED) is 0.182. The highest BCUT2D eigenvalue weighted by Gasteiger charge is 2.46. The van der Waals surface area contributed by atoms with Gasteiger partial charge in [-0.3, -0.25) is 24.0 Å². The molecule has 0 heterocycles. The number of hydrogen-bond acceptors (Lipinski definition) is 7. The molecule has 0 aliphatic heterocycles. The van der Waals surface area contributed by atoms with E-state index in [1.54, 1.807) is 20.8 Å². The van der Waals surface area contributed by atoms with Crippen molar-refractivity contribution in [2.75, 3.05) is 7.11 Å². The second-order valence-corrected chi connectivity index (χ2v) is 12.5. The summed E-state index contributed by atoms with van der Waals surface area (Å²) in [6.07, 6.45) is -6.43. The molecule has 0 saturated carbocycles. The Labute approximate surface area is 279 Å². The van der Waals surface area contributed by atoms with Crippen molar-refractivity contribution >= 4 is 41.1 Å². The molecule has 0 aliphatic rings. The van der Waals surface area contributed by atoms with Crippen LogP contribution in [0.15, 0.2) is 48.5 Å². The summed E-state index contributed by atoms with van der Waals surface area (Å²) in [5.41, 5.74) is -1.76. The van der Waals surface area contributed by atoms with Crippen molar-refractivity contribution in [1.82, 2.24) is 16.0 Å². The number of esters is 1. The molecule has 2 aromatic carbocycles. The number of carbonyl (C=O) groups excluding carboxylic acids is 5. The fraction of sp³-hybridized carbons (Fsp3) is 0.469. The number of methoxy groups -OCH3 is 1. The molecule has 16 heteroatoms. The summed E-state index contributed by atoms with van der Waals surface area (Å²) in [6, 6.07) is 3.83. The molecule has 0 aromatic heterocycles. The highest BCUT2D eigenvalue weighted by atomic mass is 35.5. The van der Waals surface area contributed by atoms with Gasteiger partial charge in [0.2, 0.25) is 11.8 Å². The predicted octanol–water partition coefficient (Wildman–Crippen LogP) is 5.18. The van der Waals surface area contributed by atoms with Crippen molar-refractivity contribution < 1.29 is 55.4 Å². The summed E-state index contributed by atoms with van der Waals surface area (Å²) in [5, 5.41) is 6.06. The van der Waals surface area contributed by atoms with Gasteiger partial charge in [-0.1, -0.05) is 49.7 Å². The van der Waals surface area contributed by atoms with Crippen molar-refractivity contribution in [3.63, 3.8) is 0 Å². The highest BCUT2D eigenvalue weighted by Crippen LogP contribution is 2.30. The molecule has 264 valence electrons. The van der Waals surface area contributed by atoms with E-state index in [0.717, 1.165) is 12.1 Å². The Balaban J connectivity index is 2.49. The van der Waals surface area contributed by atoms with Gasteiger partial charge in [-0.15, -0.1) is 0 Å². The van der Waals surface area contributed by atoms with Gasteiger partial charge < -0.3 is 25.4 Å². The van der Waals surface area contributed by atoms with Crippen LogP contribution >= 0.6 is 11.6 Å². The molecule has 2 rings (SSSR count). The lowest BCUT2D eigenvalue weighted by Gasteiger charge is -2.28. The predicted molar refractivity (Wildman–Crippen MR) is 164 cm³/mol. The molecular weight excluding hydrogens is 669 g/mol. The number of ether oxygens (including phenoxy) is 2. The Morgan fingerprint density at radius 1 is 0.854 bits per heavy atom. The lowest BCUT2D eigenvalue weighted by Crippen LogP contribution is -2.55. The summed E-state index contributed by atoms with van der Waals surface area (Å²) in [7, 11) is 1.34. The summed E-state index contributed by atoms with van der Waals surface area (Å²) in [6.45, 7) is 7.22. The smallest absolute Gasteiger partial charge is 0.452 e. The number of rotatable bonds is 14. The standard InChI is InChI=1S/C32H37ClF5N3O7/c1-17(2)24(26(43)32(36,37)38)40-28(45)25(18-10-12-21(47-6)13-11-18)41-27(44)22(14-15-23(42)48-30(3,4)5)39-29(46)31(34,35)19-8-7-9-20(33)16-19/h7-13,16-17,22,24-25H,14-15H2,1-6H3,(H,39,46)(H,40,45)(H,41,44)/t22-,24-,25-/m0/s1. The lowest BCUT2D eigenvalue weighted by atomic mass is 9.97. The van der Waals surface area contributed by atoms with Crippen LogP contribution in [0.5, 0.6) is 5.75 Å². The van der Waals surface area contributed by atoms with Crippen LogP contribution in [0.25, 0.3) is 0 Å². The number of nitrogens with one attached hydrogen (secondary N) is 3. The number of Topliss-reactive ketones (excluding diaryl/α,β-unsaturated/α-hetero) is 1. The van der Waals surface area contributed by atoms with Gasteiger partial charge in [-0.05, 0) is 62.9 Å². The van der Waals surface area contributed by atoms with E-state index in [-0.39, 0.29) is 10.6 Å². The largest absolute Gasteiger partial charge is 0.497 e. The topological polar surface area (TPSA) is 140 Å². The number of hydrogen-bond donors (Lipinski definition) is 3. The molecule has 0 aliphatic carbocycles. The first-order chi connectivity index (χ1) is 22.1. The Bertz CT molecular complexity index is 1480. The molecule has 3 atom stereocenters. The second kappa shape index (κ2) is 16.2. The van der Waals surface area contributed by atoms with Crippen LogP contribution in [0.4, 0.5) is 22.0 Å². The van der Waals surface area contributed by atoms with Gasteiger partial charge >= 0.3 is 18.1 Å². The van der Waals surface area contributed by atoms with Crippen molar-refractivity contribution in [2.24, 2.45) is 5.92 Å². The van der Waals surface area contributed by atoms with Gasteiger partial charge in [0, 0.05) is 17.0 Å². The number of amides is 3. The summed E-state index contributed by atoms with van der Waals surface area (Å²) in [5.74, 6) is -12.5. The number of alkyl halides is 5. The molecule has 0 unspecified atom stereocenters. The third-order valence-electron chi connectivity index (χ3n) is 6.68. The molecule has 0 fully saturated rings. The van der Waals surface area contributed by atoms with Crippen molar-refractivity contribution in [3.05, 3.63) is 64.7 Å². The Kier molecular flexibility index (Phi) is 13.5. The summed E-state index contributed by atoms with van der Waals surface area (Å²) in [4.78, 5) is 64.5. The second-order valence-electron chi connectivity index (χ2n) is 12.0. The molecule has 2 aromatic rings. The van der Waals surface area contributed by atoms with Crippen LogP contribution in [0.1, 0.15) is 64.6 Å². The average molecular weight is 706 g/mol. The van der Waals surface area contributed by atoms with Crippen molar-refractivity contribution in [1.29, 1.82) is 0 Å². The zero-order valence-corrected chi connectivity index (χ0v) is 27.7. The molecule has 0 bridgehead atoms. The number of carbonyl (C=O) groups is 5. The average Bonchev–Trinajstić information content (AvgIpc) is 2.98. The zero-order chi connectivity index (χ0) is 36.6. The van der Waals surface area contributed by atoms with E-state index in [1.807, 2.05) is 10.6 Å². The molecule has 0 saturated heterocycles. The maximum atomic E-state index is 15.2. The first-order valence-electron chi connectivity index (χ1n) is 14.6. The first kappa shape index (κ1) is 39.9. The minimum atomic E-state index is -5.30. The van der Waals surface area contributed by atoms with Crippen LogP contribution in [0.3, 0.4) is 0 Å². The number of halogens is 6. The third kappa shape index (κ3) is 11.5. The SMILES string of the molecule is COc1ccc([C@H](NC(=O)[C@H](CCC(=O)OC(C)(C)C)NC(=O)C(F)(F)c2cccc(Cl)c2)C(=O)N[C@H](C(=O)C(F)(F)F)C(C)C)cc1. The van der Waals surface area contributed by atoms with E-state index in [0.29, 0.717) is 5.75 Å². The van der Waals surface area contributed by atoms with Crippen LogP contribution in [0, 0.1) is 5.92 Å². The normalized spacial score (nSPS) is 13.9.